The number of nitro benzene ring substituents is 1. The van der Waals surface area contributed by atoms with Gasteiger partial charge in [-0.2, -0.15) is 0 Å². The van der Waals surface area contributed by atoms with Crippen LogP contribution in [0.2, 0.25) is 0 Å². The molecule has 0 aromatic heterocycles. The van der Waals surface area contributed by atoms with E-state index in [1.807, 2.05) is 0 Å². The lowest BCUT2D eigenvalue weighted by molar-refractivity contribution is -0.384. The molecule has 0 bridgehead atoms. The number of para-hydroxylation sites is 1. The normalized spacial score (nSPS) is 10.8. The number of nitrogens with zero attached hydrogens (tertiary/aromatic N) is 3. The summed E-state index contributed by atoms with van der Waals surface area (Å²) in [5.41, 5.74) is 0.651. The fourth-order valence-electron chi connectivity index (χ4n) is 1.87. The molecule has 0 amide bonds. The third kappa shape index (κ3) is 4.34. The predicted molar refractivity (Wildman–Crippen MR) is 81.3 cm³/mol. The molecule has 0 atom stereocenters. The van der Waals surface area contributed by atoms with Gasteiger partial charge in [0.15, 0.2) is 5.69 Å². The highest BCUT2D eigenvalue weighted by Gasteiger charge is 2.12. The quantitative estimate of drug-likeness (QED) is 0.477. The van der Waals surface area contributed by atoms with Gasteiger partial charge in [-0.15, -0.1) is 10.2 Å². The highest BCUT2D eigenvalue weighted by Crippen LogP contribution is 2.32. The number of rotatable bonds is 6. The number of hydrogen-bond acceptors (Lipinski definition) is 6. The van der Waals surface area contributed by atoms with Crippen molar-refractivity contribution < 1.29 is 19.9 Å². The van der Waals surface area contributed by atoms with Crippen molar-refractivity contribution in [3.8, 4) is 5.75 Å². The van der Waals surface area contributed by atoms with Gasteiger partial charge in [-0.25, -0.2) is 0 Å². The number of carboxylic acid groups (broad SMARTS) is 1. The second-order valence-electron chi connectivity index (χ2n) is 4.66. The lowest BCUT2D eigenvalue weighted by Gasteiger charge is -2.02. The Balaban J connectivity index is 2.27. The summed E-state index contributed by atoms with van der Waals surface area (Å²) in [6, 6.07) is 10.3. The zero-order valence-corrected chi connectivity index (χ0v) is 11.9. The molecule has 0 heterocycles. The first-order chi connectivity index (χ1) is 11.0. The Labute approximate surface area is 130 Å². The summed E-state index contributed by atoms with van der Waals surface area (Å²) in [4.78, 5) is 20.9. The molecule has 0 radical (unpaired) electrons. The number of hydrogen-bond donors (Lipinski definition) is 2. The van der Waals surface area contributed by atoms with E-state index in [9.17, 15) is 20.0 Å². The maximum atomic E-state index is 10.9. The third-order valence-electron chi connectivity index (χ3n) is 3.01. The number of phenols is 1. The average molecular weight is 315 g/mol. The van der Waals surface area contributed by atoms with E-state index in [-0.39, 0.29) is 35.7 Å². The molecule has 23 heavy (non-hydrogen) atoms. The Morgan fingerprint density at radius 3 is 2.52 bits per heavy atom. The number of azo groups is 1. The topological polar surface area (TPSA) is 125 Å². The summed E-state index contributed by atoms with van der Waals surface area (Å²) in [7, 11) is 0. The largest absolute Gasteiger partial charge is 0.506 e. The zero-order chi connectivity index (χ0) is 16.8. The van der Waals surface area contributed by atoms with Crippen molar-refractivity contribution in [2.75, 3.05) is 0 Å². The first-order valence-electron chi connectivity index (χ1n) is 6.66. The monoisotopic (exact) mass is 315 g/mol. The molecule has 0 aliphatic carbocycles. The molecule has 0 saturated carbocycles. The van der Waals surface area contributed by atoms with Crippen LogP contribution in [0.5, 0.6) is 5.75 Å². The number of carboxylic acids is 1. The summed E-state index contributed by atoms with van der Waals surface area (Å²) in [6.45, 7) is 0. The van der Waals surface area contributed by atoms with Gasteiger partial charge < -0.3 is 10.2 Å². The van der Waals surface area contributed by atoms with E-state index < -0.39 is 10.9 Å². The summed E-state index contributed by atoms with van der Waals surface area (Å²) < 4.78 is 0. The van der Waals surface area contributed by atoms with E-state index in [1.165, 1.54) is 30.3 Å². The molecule has 8 heteroatoms. The molecule has 0 aliphatic rings. The molecule has 0 unspecified atom stereocenters. The Morgan fingerprint density at radius 2 is 1.83 bits per heavy atom. The van der Waals surface area contributed by atoms with Gasteiger partial charge in [-0.3, -0.25) is 14.9 Å². The Hall–Kier alpha value is -3.29. The van der Waals surface area contributed by atoms with Crippen LogP contribution >= 0.6 is 0 Å². The van der Waals surface area contributed by atoms with Gasteiger partial charge in [0, 0.05) is 12.5 Å². The number of carbonyl (C=O) groups is 1. The van der Waals surface area contributed by atoms with E-state index in [1.54, 1.807) is 12.1 Å². The fraction of sp³-hybridized carbons (Fsp3) is 0.133. The van der Waals surface area contributed by atoms with Gasteiger partial charge in [0.1, 0.15) is 11.4 Å². The van der Waals surface area contributed by atoms with Gasteiger partial charge in [0.05, 0.1) is 4.92 Å². The van der Waals surface area contributed by atoms with Crippen LogP contribution in [-0.2, 0) is 11.2 Å². The molecule has 0 spiro atoms. The summed E-state index contributed by atoms with van der Waals surface area (Å²) >= 11 is 0. The SMILES string of the molecule is O=C(O)CCc1ccc(O)c(N=Nc2ccccc2[N+](=O)[O-])c1. The van der Waals surface area contributed by atoms with Gasteiger partial charge >= 0.3 is 5.97 Å². The van der Waals surface area contributed by atoms with E-state index in [4.69, 9.17) is 5.11 Å². The average Bonchev–Trinajstić information content (AvgIpc) is 2.53. The van der Waals surface area contributed by atoms with Crippen LogP contribution in [0.3, 0.4) is 0 Å². The molecule has 2 N–H and O–H groups in total. The Morgan fingerprint density at radius 1 is 1.13 bits per heavy atom. The number of aryl methyl sites for hydroxylation is 1. The van der Waals surface area contributed by atoms with E-state index in [0.717, 1.165) is 0 Å². The smallest absolute Gasteiger partial charge is 0.303 e. The molecule has 0 fully saturated rings. The minimum Gasteiger partial charge on any atom is -0.506 e. The maximum Gasteiger partial charge on any atom is 0.303 e. The summed E-state index contributed by atoms with van der Waals surface area (Å²) in [5, 5.41) is 37.0. The molecular formula is C15H13N3O5. The zero-order valence-electron chi connectivity index (χ0n) is 11.9. The van der Waals surface area contributed by atoms with E-state index in [0.29, 0.717) is 5.56 Å². The van der Waals surface area contributed by atoms with Crippen LogP contribution in [0.25, 0.3) is 0 Å². The molecular weight excluding hydrogens is 302 g/mol. The van der Waals surface area contributed by atoms with Crippen LogP contribution in [-0.4, -0.2) is 21.1 Å². The molecule has 0 aliphatic heterocycles. The number of phenolic OH excluding ortho intramolecular Hbond substituents is 1. The number of benzene rings is 2. The van der Waals surface area contributed by atoms with Crippen molar-refractivity contribution in [1.29, 1.82) is 0 Å². The van der Waals surface area contributed by atoms with Crippen molar-refractivity contribution in [1.82, 2.24) is 0 Å². The highest BCUT2D eigenvalue weighted by molar-refractivity contribution is 5.67. The van der Waals surface area contributed by atoms with Crippen molar-refractivity contribution >= 4 is 23.0 Å². The van der Waals surface area contributed by atoms with Gasteiger partial charge in [0.2, 0.25) is 0 Å². The number of nitro groups is 1. The molecule has 2 aromatic rings. The standard InChI is InChI=1S/C15H13N3O5/c19-14-7-5-10(6-8-15(20)21)9-12(14)17-16-11-3-1-2-4-13(11)18(22)23/h1-5,7,9,19H,6,8H2,(H,20,21). The second kappa shape index (κ2) is 7.12. The predicted octanol–water partition coefficient (Wildman–Crippen LogP) is 3.73. The van der Waals surface area contributed by atoms with E-state index >= 15 is 0 Å². The molecule has 2 rings (SSSR count). The van der Waals surface area contributed by atoms with Gasteiger partial charge in [-0.05, 0) is 30.2 Å². The second-order valence-corrected chi connectivity index (χ2v) is 4.66. The van der Waals surface area contributed by atoms with Crippen molar-refractivity contribution in [3.05, 3.63) is 58.1 Å². The van der Waals surface area contributed by atoms with Crippen LogP contribution < -0.4 is 0 Å². The summed E-state index contributed by atoms with van der Waals surface area (Å²) in [6.07, 6.45) is 0.231. The maximum absolute atomic E-state index is 10.9. The molecule has 8 nitrogen and oxygen atoms in total. The molecule has 2 aromatic carbocycles. The first-order valence-corrected chi connectivity index (χ1v) is 6.66. The Kier molecular flexibility index (Phi) is 4.98. The number of aliphatic carboxylic acids is 1. The van der Waals surface area contributed by atoms with Crippen molar-refractivity contribution in [3.63, 3.8) is 0 Å². The molecule has 0 saturated heterocycles. The minimum atomic E-state index is -0.929. The van der Waals surface area contributed by atoms with Crippen molar-refractivity contribution in [2.24, 2.45) is 10.2 Å². The lowest BCUT2D eigenvalue weighted by Crippen LogP contribution is -1.97. The van der Waals surface area contributed by atoms with Crippen LogP contribution in [0.15, 0.2) is 52.7 Å². The molecule has 118 valence electrons. The summed E-state index contributed by atoms with van der Waals surface area (Å²) in [5.74, 6) is -1.08. The first kappa shape index (κ1) is 16.1. The van der Waals surface area contributed by atoms with Crippen LogP contribution in [0.4, 0.5) is 17.1 Å². The highest BCUT2D eigenvalue weighted by atomic mass is 16.6. The lowest BCUT2D eigenvalue weighted by atomic mass is 10.1. The van der Waals surface area contributed by atoms with Gasteiger partial charge in [-0.1, -0.05) is 18.2 Å². The minimum absolute atomic E-state index is 0.0501. The van der Waals surface area contributed by atoms with Crippen LogP contribution in [0.1, 0.15) is 12.0 Å². The third-order valence-corrected chi connectivity index (χ3v) is 3.01. The van der Waals surface area contributed by atoms with E-state index in [2.05, 4.69) is 10.2 Å². The van der Waals surface area contributed by atoms with Crippen molar-refractivity contribution in [2.45, 2.75) is 12.8 Å². The van der Waals surface area contributed by atoms with Gasteiger partial charge in [0.25, 0.3) is 5.69 Å². The van der Waals surface area contributed by atoms with Crippen LogP contribution in [0, 0.1) is 10.1 Å². The number of aromatic hydroxyl groups is 1. The Bertz CT molecular complexity index is 773. The fourth-order valence-corrected chi connectivity index (χ4v) is 1.87.